The van der Waals surface area contributed by atoms with Crippen LogP contribution in [0.3, 0.4) is 0 Å². The minimum atomic E-state index is -0.134. The summed E-state index contributed by atoms with van der Waals surface area (Å²) in [6.45, 7) is 6.88. The van der Waals surface area contributed by atoms with Crippen LogP contribution >= 0.6 is 0 Å². The van der Waals surface area contributed by atoms with Crippen LogP contribution in [0, 0.1) is 6.92 Å². The van der Waals surface area contributed by atoms with Gasteiger partial charge in [-0.25, -0.2) is 0 Å². The molecule has 4 rings (SSSR count). The van der Waals surface area contributed by atoms with E-state index in [0.29, 0.717) is 11.3 Å². The summed E-state index contributed by atoms with van der Waals surface area (Å²) in [6, 6.07) is 15.8. The number of fused-ring (bicyclic) bond motifs is 1. The molecule has 2 heterocycles. The van der Waals surface area contributed by atoms with E-state index in [1.54, 1.807) is 6.07 Å². The number of hydrogen-bond donors (Lipinski definition) is 0. The minimum absolute atomic E-state index is 0.0173. The van der Waals surface area contributed by atoms with Crippen LogP contribution in [0.5, 0.6) is 0 Å². The van der Waals surface area contributed by atoms with Crippen molar-refractivity contribution in [2.45, 2.75) is 25.8 Å². The summed E-state index contributed by atoms with van der Waals surface area (Å²) in [5, 5.41) is 0. The number of benzene rings is 2. The van der Waals surface area contributed by atoms with Crippen LogP contribution in [0.1, 0.15) is 45.9 Å². The van der Waals surface area contributed by atoms with Crippen molar-refractivity contribution in [2.24, 2.45) is 0 Å². The number of likely N-dealkylation sites (tertiary alicyclic amines) is 1. The second-order valence-corrected chi connectivity index (χ2v) is 7.04. The molecule has 0 spiro atoms. The molecular formula is C22H22N2O2. The lowest BCUT2D eigenvalue weighted by atomic mass is 10.0. The number of hydrogen-bond acceptors (Lipinski definition) is 2. The summed E-state index contributed by atoms with van der Waals surface area (Å²) >= 11 is 0. The highest BCUT2D eigenvalue weighted by atomic mass is 16.2. The molecule has 2 aromatic rings. The molecule has 0 bridgehead atoms. The van der Waals surface area contributed by atoms with Crippen LogP contribution in [-0.4, -0.2) is 34.7 Å². The number of carbonyl (C=O) groups is 2. The lowest BCUT2D eigenvalue weighted by Gasteiger charge is -2.28. The van der Waals surface area contributed by atoms with Crippen molar-refractivity contribution in [3.63, 3.8) is 0 Å². The number of aryl methyl sites for hydroxylation is 1. The number of amides is 2. The van der Waals surface area contributed by atoms with E-state index in [1.165, 1.54) is 16.0 Å². The van der Waals surface area contributed by atoms with Gasteiger partial charge in [0.25, 0.3) is 5.91 Å². The first-order valence-electron chi connectivity index (χ1n) is 9.02. The Morgan fingerprint density at radius 2 is 1.92 bits per heavy atom. The van der Waals surface area contributed by atoms with E-state index in [-0.39, 0.29) is 24.4 Å². The standard InChI is InChI=1S/C22H22N2O2/c1-15-7-5-8-17(13-15)20-11-6-12-23(20)21(25)14-24-16(2)18-9-3-4-10-19(18)22(24)26/h3-5,7-10,13,20H,2,6,11-12,14H2,1H3/t20-/m1/s1. The molecule has 2 aliphatic rings. The fourth-order valence-electron chi connectivity index (χ4n) is 4.02. The summed E-state index contributed by atoms with van der Waals surface area (Å²) in [4.78, 5) is 29.1. The first-order chi connectivity index (χ1) is 12.6. The average Bonchev–Trinajstić information content (AvgIpc) is 3.22. The Morgan fingerprint density at radius 3 is 2.65 bits per heavy atom. The molecule has 0 aromatic heterocycles. The third kappa shape index (κ3) is 2.71. The second-order valence-electron chi connectivity index (χ2n) is 7.04. The van der Waals surface area contributed by atoms with Gasteiger partial charge in [-0.3, -0.25) is 14.5 Å². The fourth-order valence-corrected chi connectivity index (χ4v) is 4.02. The predicted octanol–water partition coefficient (Wildman–Crippen LogP) is 3.79. The minimum Gasteiger partial charge on any atom is -0.334 e. The maximum atomic E-state index is 13.0. The third-order valence-corrected chi connectivity index (χ3v) is 5.33. The van der Waals surface area contributed by atoms with Crippen molar-refractivity contribution in [1.82, 2.24) is 9.80 Å². The zero-order chi connectivity index (χ0) is 18.3. The summed E-state index contributed by atoms with van der Waals surface area (Å²) in [6.07, 6.45) is 1.95. The Bertz CT molecular complexity index is 868. The van der Waals surface area contributed by atoms with Gasteiger partial charge in [-0.15, -0.1) is 0 Å². The van der Waals surface area contributed by atoms with Crippen molar-refractivity contribution < 1.29 is 9.59 Å². The SMILES string of the molecule is C=C1c2ccccc2C(=O)N1CC(=O)N1CCC[C@@H]1c1cccc(C)c1. The van der Waals surface area contributed by atoms with Crippen molar-refractivity contribution in [1.29, 1.82) is 0 Å². The topological polar surface area (TPSA) is 40.6 Å². The van der Waals surface area contributed by atoms with E-state index >= 15 is 0 Å². The Balaban J connectivity index is 1.53. The number of nitrogens with zero attached hydrogens (tertiary/aromatic N) is 2. The average molecular weight is 346 g/mol. The van der Waals surface area contributed by atoms with Gasteiger partial charge in [-0.05, 0) is 31.4 Å². The molecule has 0 radical (unpaired) electrons. The van der Waals surface area contributed by atoms with Gasteiger partial charge in [0.1, 0.15) is 6.54 Å². The van der Waals surface area contributed by atoms with Gasteiger partial charge in [0.05, 0.1) is 6.04 Å². The molecule has 2 amide bonds. The lowest BCUT2D eigenvalue weighted by molar-refractivity contribution is -0.132. The van der Waals surface area contributed by atoms with Crippen molar-refractivity contribution in [3.05, 3.63) is 77.4 Å². The van der Waals surface area contributed by atoms with Gasteiger partial charge in [0.2, 0.25) is 5.91 Å². The molecule has 1 fully saturated rings. The van der Waals surface area contributed by atoms with Crippen LogP contribution in [0.25, 0.3) is 5.70 Å². The Morgan fingerprint density at radius 1 is 1.15 bits per heavy atom. The van der Waals surface area contributed by atoms with Crippen LogP contribution in [-0.2, 0) is 4.79 Å². The Hall–Kier alpha value is -2.88. The summed E-state index contributed by atoms with van der Waals surface area (Å²) in [5.74, 6) is -0.151. The smallest absolute Gasteiger partial charge is 0.259 e. The van der Waals surface area contributed by atoms with E-state index in [9.17, 15) is 9.59 Å². The molecule has 0 unspecified atom stereocenters. The summed E-state index contributed by atoms with van der Waals surface area (Å²) in [5.41, 5.74) is 4.43. The molecule has 2 aromatic carbocycles. The quantitative estimate of drug-likeness (QED) is 0.848. The molecule has 2 aliphatic heterocycles. The van der Waals surface area contributed by atoms with E-state index in [0.717, 1.165) is 24.9 Å². The van der Waals surface area contributed by atoms with Crippen molar-refractivity contribution in [2.75, 3.05) is 13.1 Å². The maximum absolute atomic E-state index is 13.0. The number of carbonyl (C=O) groups excluding carboxylic acids is 2. The van der Waals surface area contributed by atoms with E-state index in [1.807, 2.05) is 29.2 Å². The van der Waals surface area contributed by atoms with Gasteiger partial charge in [0, 0.05) is 23.4 Å². The molecule has 0 saturated carbocycles. The highest BCUT2D eigenvalue weighted by molar-refractivity contribution is 6.10. The molecule has 0 aliphatic carbocycles. The van der Waals surface area contributed by atoms with Gasteiger partial charge >= 0.3 is 0 Å². The van der Waals surface area contributed by atoms with Gasteiger partial charge in [-0.2, -0.15) is 0 Å². The zero-order valence-corrected chi connectivity index (χ0v) is 14.9. The van der Waals surface area contributed by atoms with Crippen LogP contribution in [0.4, 0.5) is 0 Å². The van der Waals surface area contributed by atoms with Gasteiger partial charge in [0.15, 0.2) is 0 Å². The highest BCUT2D eigenvalue weighted by Crippen LogP contribution is 2.34. The first kappa shape index (κ1) is 16.6. The summed E-state index contributed by atoms with van der Waals surface area (Å²) < 4.78 is 0. The molecule has 1 atom stereocenters. The van der Waals surface area contributed by atoms with E-state index in [4.69, 9.17) is 0 Å². The predicted molar refractivity (Wildman–Crippen MR) is 101 cm³/mol. The highest BCUT2D eigenvalue weighted by Gasteiger charge is 2.36. The first-order valence-corrected chi connectivity index (χ1v) is 9.02. The lowest BCUT2D eigenvalue weighted by Crippen LogP contribution is -2.39. The van der Waals surface area contributed by atoms with Crippen LogP contribution in [0.15, 0.2) is 55.1 Å². The molecular weight excluding hydrogens is 324 g/mol. The van der Waals surface area contributed by atoms with Crippen molar-refractivity contribution in [3.8, 4) is 0 Å². The largest absolute Gasteiger partial charge is 0.334 e. The fraction of sp³-hybridized carbons (Fsp3) is 0.273. The second kappa shape index (κ2) is 6.45. The van der Waals surface area contributed by atoms with Crippen molar-refractivity contribution >= 4 is 17.5 Å². The monoisotopic (exact) mass is 346 g/mol. The normalized spacial score (nSPS) is 19.2. The van der Waals surface area contributed by atoms with E-state index in [2.05, 4.69) is 31.7 Å². The van der Waals surface area contributed by atoms with Gasteiger partial charge < -0.3 is 4.90 Å². The van der Waals surface area contributed by atoms with E-state index < -0.39 is 0 Å². The molecule has 0 N–H and O–H groups in total. The Kier molecular flexibility index (Phi) is 4.11. The van der Waals surface area contributed by atoms with Crippen LogP contribution in [0.2, 0.25) is 0 Å². The number of rotatable bonds is 3. The molecule has 4 nitrogen and oxygen atoms in total. The molecule has 132 valence electrons. The molecule has 4 heteroatoms. The molecule has 26 heavy (non-hydrogen) atoms. The Labute approximate surface area is 153 Å². The zero-order valence-electron chi connectivity index (χ0n) is 14.9. The van der Waals surface area contributed by atoms with Gasteiger partial charge in [-0.1, -0.05) is 54.6 Å². The summed E-state index contributed by atoms with van der Waals surface area (Å²) in [7, 11) is 0. The third-order valence-electron chi connectivity index (χ3n) is 5.33. The van der Waals surface area contributed by atoms with Crippen LogP contribution < -0.4 is 0 Å². The maximum Gasteiger partial charge on any atom is 0.259 e. The molecule has 1 saturated heterocycles.